The van der Waals surface area contributed by atoms with Crippen LogP contribution in [0, 0.1) is 0 Å². The second kappa shape index (κ2) is 14.5. The molecule has 0 N–H and O–H groups in total. The molecule has 0 aliphatic heterocycles. The number of nitrogens with zero attached hydrogens (tertiary/aromatic N) is 5. The first-order chi connectivity index (χ1) is 31.7. The van der Waals surface area contributed by atoms with Crippen molar-refractivity contribution in [1.29, 1.82) is 0 Å². The van der Waals surface area contributed by atoms with Crippen molar-refractivity contribution >= 4 is 65.2 Å². The Morgan fingerprint density at radius 3 is 1.62 bits per heavy atom. The molecule has 13 aromatic rings. The summed E-state index contributed by atoms with van der Waals surface area (Å²) < 4.78 is 4.88. The maximum absolute atomic E-state index is 5.23. The number of fused-ring (bicyclic) bond motifs is 9. The maximum Gasteiger partial charge on any atom is 0.164 e. The topological polar surface area (TPSA) is 48.5 Å². The highest BCUT2D eigenvalue weighted by molar-refractivity contribution is 6.25. The summed E-state index contributed by atoms with van der Waals surface area (Å²) in [5.74, 6) is 1.89. The normalized spacial score (nSPS) is 11.8. The second-order valence-corrected chi connectivity index (χ2v) is 16.4. The van der Waals surface area contributed by atoms with Crippen molar-refractivity contribution in [3.05, 3.63) is 224 Å². The van der Waals surface area contributed by atoms with E-state index in [4.69, 9.17) is 15.0 Å². The molecule has 0 amide bonds. The van der Waals surface area contributed by atoms with E-state index in [0.29, 0.717) is 17.5 Å². The minimum absolute atomic E-state index is 0.627. The van der Waals surface area contributed by atoms with Gasteiger partial charge in [-0.1, -0.05) is 182 Å². The zero-order valence-electron chi connectivity index (χ0n) is 34.6. The van der Waals surface area contributed by atoms with Gasteiger partial charge < -0.3 is 9.13 Å². The van der Waals surface area contributed by atoms with Gasteiger partial charge in [0.15, 0.2) is 17.5 Å². The summed E-state index contributed by atoms with van der Waals surface area (Å²) in [6, 6.07) is 79.8. The molecular weight excluding hydrogens is 779 g/mol. The molecule has 0 spiro atoms. The highest BCUT2D eigenvalue weighted by Gasteiger charge is 2.22. The Morgan fingerprint density at radius 1 is 0.281 bits per heavy atom. The van der Waals surface area contributed by atoms with Gasteiger partial charge in [0.1, 0.15) is 0 Å². The van der Waals surface area contributed by atoms with Crippen LogP contribution in [0.2, 0.25) is 0 Å². The smallest absolute Gasteiger partial charge is 0.164 e. The Kier molecular flexibility index (Phi) is 8.15. The highest BCUT2D eigenvalue weighted by atomic mass is 15.0. The van der Waals surface area contributed by atoms with Gasteiger partial charge in [0.2, 0.25) is 0 Å². The second-order valence-electron chi connectivity index (χ2n) is 16.4. The molecule has 64 heavy (non-hydrogen) atoms. The Hall–Kier alpha value is -8.67. The zero-order chi connectivity index (χ0) is 42.1. The molecule has 5 heteroatoms. The SMILES string of the molecule is c1ccc(-c2ccc(-c3nc(-c4ccccc4)nc(-c4cccc5c(-n6c7ccccc7c7cc8c9c%10ccccc%10ccc9n(-c9ccccc9)c8cc76)cccc45)n3)cc2)cc1. The molecule has 5 nitrogen and oxygen atoms in total. The first-order valence-corrected chi connectivity index (χ1v) is 21.7. The van der Waals surface area contributed by atoms with Crippen LogP contribution in [0.15, 0.2) is 224 Å². The van der Waals surface area contributed by atoms with Gasteiger partial charge in [-0.25, -0.2) is 15.0 Å². The molecule has 298 valence electrons. The van der Waals surface area contributed by atoms with Crippen LogP contribution in [0.4, 0.5) is 0 Å². The summed E-state index contributed by atoms with van der Waals surface area (Å²) in [6.45, 7) is 0. The van der Waals surface area contributed by atoms with E-state index in [1.165, 1.54) is 43.4 Å². The van der Waals surface area contributed by atoms with Crippen molar-refractivity contribution < 1.29 is 0 Å². The van der Waals surface area contributed by atoms with Gasteiger partial charge in [0.25, 0.3) is 0 Å². The number of benzene rings is 10. The van der Waals surface area contributed by atoms with E-state index in [9.17, 15) is 0 Å². The molecule has 0 radical (unpaired) electrons. The van der Waals surface area contributed by atoms with E-state index in [1.54, 1.807) is 0 Å². The molecule has 3 heterocycles. The predicted molar refractivity (Wildman–Crippen MR) is 265 cm³/mol. The summed E-state index contributed by atoms with van der Waals surface area (Å²) in [6.07, 6.45) is 0. The van der Waals surface area contributed by atoms with E-state index in [1.807, 2.05) is 24.3 Å². The van der Waals surface area contributed by atoms with Crippen LogP contribution < -0.4 is 0 Å². The lowest BCUT2D eigenvalue weighted by molar-refractivity contribution is 1.08. The molecule has 13 rings (SSSR count). The third kappa shape index (κ3) is 5.68. The summed E-state index contributed by atoms with van der Waals surface area (Å²) in [5, 5.41) is 9.58. The third-order valence-electron chi connectivity index (χ3n) is 12.8. The molecule has 10 aromatic carbocycles. The summed E-state index contributed by atoms with van der Waals surface area (Å²) in [4.78, 5) is 15.5. The number of para-hydroxylation sites is 2. The fourth-order valence-corrected chi connectivity index (χ4v) is 9.83. The van der Waals surface area contributed by atoms with Crippen LogP contribution in [0.5, 0.6) is 0 Å². The van der Waals surface area contributed by atoms with E-state index in [0.717, 1.165) is 61.0 Å². The largest absolute Gasteiger partial charge is 0.309 e. The van der Waals surface area contributed by atoms with E-state index >= 15 is 0 Å². The number of rotatable bonds is 6. The van der Waals surface area contributed by atoms with Crippen LogP contribution in [0.3, 0.4) is 0 Å². The van der Waals surface area contributed by atoms with Crippen molar-refractivity contribution in [2.45, 2.75) is 0 Å². The quantitative estimate of drug-likeness (QED) is 0.168. The fraction of sp³-hybridized carbons (Fsp3) is 0. The van der Waals surface area contributed by atoms with E-state index in [2.05, 4.69) is 209 Å². The third-order valence-corrected chi connectivity index (χ3v) is 12.8. The molecule has 0 unspecified atom stereocenters. The van der Waals surface area contributed by atoms with Gasteiger partial charge in [-0.15, -0.1) is 0 Å². The molecule has 0 fully saturated rings. The van der Waals surface area contributed by atoms with Crippen molar-refractivity contribution in [1.82, 2.24) is 24.1 Å². The van der Waals surface area contributed by atoms with Crippen LogP contribution in [0.25, 0.3) is 122 Å². The minimum Gasteiger partial charge on any atom is -0.309 e. The lowest BCUT2D eigenvalue weighted by atomic mass is 10.0. The molecule has 0 atom stereocenters. The number of aromatic nitrogens is 5. The van der Waals surface area contributed by atoms with E-state index < -0.39 is 0 Å². The Morgan fingerprint density at radius 2 is 0.844 bits per heavy atom. The van der Waals surface area contributed by atoms with Crippen LogP contribution in [-0.2, 0) is 0 Å². The summed E-state index contributed by atoms with van der Waals surface area (Å²) in [5.41, 5.74) is 12.0. The van der Waals surface area contributed by atoms with Gasteiger partial charge in [0.05, 0.1) is 27.8 Å². The van der Waals surface area contributed by atoms with Crippen molar-refractivity contribution in [2.75, 3.05) is 0 Å². The monoisotopic (exact) mass is 815 g/mol. The summed E-state index contributed by atoms with van der Waals surface area (Å²) >= 11 is 0. The Labute approximate surface area is 368 Å². The lowest BCUT2D eigenvalue weighted by Crippen LogP contribution is -2.01. The van der Waals surface area contributed by atoms with E-state index in [-0.39, 0.29) is 0 Å². The molecule has 0 bridgehead atoms. The van der Waals surface area contributed by atoms with Gasteiger partial charge in [-0.3, -0.25) is 0 Å². The van der Waals surface area contributed by atoms with Gasteiger partial charge >= 0.3 is 0 Å². The molecule has 0 aliphatic rings. The predicted octanol–water partition coefficient (Wildman–Crippen LogP) is 15.0. The van der Waals surface area contributed by atoms with Crippen molar-refractivity contribution in [3.8, 4) is 56.7 Å². The molecule has 0 aliphatic carbocycles. The molecule has 3 aromatic heterocycles. The highest BCUT2D eigenvalue weighted by Crippen LogP contribution is 2.43. The first-order valence-electron chi connectivity index (χ1n) is 21.7. The molecule has 0 saturated heterocycles. The minimum atomic E-state index is 0.627. The Bertz CT molecular complexity index is 3930. The molecule has 0 saturated carbocycles. The maximum atomic E-state index is 5.23. The van der Waals surface area contributed by atoms with Gasteiger partial charge in [-0.05, 0) is 69.8 Å². The lowest BCUT2D eigenvalue weighted by Gasteiger charge is -2.15. The van der Waals surface area contributed by atoms with Crippen LogP contribution in [0.1, 0.15) is 0 Å². The standard InChI is InChI=1S/C59H37N5/c1-4-16-38(17-5-1)39-30-32-42(33-31-39)58-60-57(41-19-6-2-7-20-41)61-59(62-58)48-27-14-26-46-45(48)25-15-29-52(46)64-51-28-13-12-24-47(51)49-36-50-55(37-54(49)64)63(43-21-8-3-9-22-43)53-35-34-40-18-10-11-23-44(40)56(50)53/h1-37H. The van der Waals surface area contributed by atoms with Crippen molar-refractivity contribution in [2.24, 2.45) is 0 Å². The summed E-state index contributed by atoms with van der Waals surface area (Å²) in [7, 11) is 0. The number of hydrogen-bond donors (Lipinski definition) is 0. The van der Waals surface area contributed by atoms with Gasteiger partial charge in [0, 0.05) is 49.3 Å². The average molecular weight is 816 g/mol. The average Bonchev–Trinajstić information content (AvgIpc) is 3.88. The van der Waals surface area contributed by atoms with Crippen LogP contribution >= 0.6 is 0 Å². The zero-order valence-corrected chi connectivity index (χ0v) is 34.6. The van der Waals surface area contributed by atoms with Crippen LogP contribution in [-0.4, -0.2) is 24.1 Å². The first kappa shape index (κ1) is 36.0. The van der Waals surface area contributed by atoms with Crippen molar-refractivity contribution in [3.63, 3.8) is 0 Å². The molecular formula is C59H37N5. The number of hydrogen-bond acceptors (Lipinski definition) is 3. The Balaban J connectivity index is 1.04. The van der Waals surface area contributed by atoms with Gasteiger partial charge in [-0.2, -0.15) is 0 Å². The fourth-order valence-electron chi connectivity index (χ4n) is 9.83.